The molecule has 0 unspecified atom stereocenters. The van der Waals surface area contributed by atoms with Crippen LogP contribution in [0.3, 0.4) is 0 Å². The fourth-order valence-corrected chi connectivity index (χ4v) is 7.50. The topological polar surface area (TPSA) is 129 Å². The zero-order valence-electron chi connectivity index (χ0n) is 35.1. The highest BCUT2D eigenvalue weighted by Crippen LogP contribution is 2.40. The Balaban J connectivity index is 1.45. The molecule has 0 aliphatic carbocycles. The van der Waals surface area contributed by atoms with E-state index in [0.717, 1.165) is 49.4 Å². The van der Waals surface area contributed by atoms with Crippen LogP contribution in [0.1, 0.15) is 98.4 Å². The van der Waals surface area contributed by atoms with Crippen LogP contribution in [0.15, 0.2) is 72.8 Å². The average Bonchev–Trinajstić information content (AvgIpc) is 3.87. The van der Waals surface area contributed by atoms with Crippen molar-refractivity contribution in [1.82, 2.24) is 39.9 Å². The fourth-order valence-electron chi connectivity index (χ4n) is 7.50. The van der Waals surface area contributed by atoms with Crippen molar-refractivity contribution in [3.8, 4) is 57.4 Å². The van der Waals surface area contributed by atoms with Gasteiger partial charge in [-0.3, -0.25) is 0 Å². The molecule has 0 amide bonds. The molecule has 0 saturated heterocycles. The van der Waals surface area contributed by atoms with E-state index in [-0.39, 0.29) is 16.2 Å². The molecular weight excluding hydrogens is 717 g/mol. The Morgan fingerprint density at radius 2 is 0.793 bits per heavy atom. The second kappa shape index (κ2) is 12.6. The summed E-state index contributed by atoms with van der Waals surface area (Å²) in [5.74, 6) is 8.31. The maximum Gasteiger partial charge on any atom is 0.164 e. The molecule has 7 aromatic rings. The third-order valence-corrected chi connectivity index (χ3v) is 10.9. The molecule has 0 radical (unpaired) electrons. The Labute approximate surface area is 338 Å². The summed E-state index contributed by atoms with van der Waals surface area (Å²) in [5, 5.41) is 14.0. The Kier molecular flexibility index (Phi) is 8.13. The summed E-state index contributed by atoms with van der Waals surface area (Å²) >= 11 is 0. The summed E-state index contributed by atoms with van der Waals surface area (Å²) < 4.78 is 0. The smallest absolute Gasteiger partial charge is 0.164 e. The van der Waals surface area contributed by atoms with Gasteiger partial charge in [0.15, 0.2) is 23.3 Å². The zero-order chi connectivity index (χ0) is 41.1. The van der Waals surface area contributed by atoms with Gasteiger partial charge in [-0.05, 0) is 83.2 Å². The van der Waals surface area contributed by atoms with Crippen molar-refractivity contribution in [3.05, 3.63) is 95.1 Å². The SMILES string of the molecule is CC(C)(O)C#Cc1ccc2c3nc4nc(nc5[nH]c(nc6nc(nc([nH]3)c2c1)-c1ccc(C(C)(C)C)cc1-6)c1ccc(C(C)(C)C)cc51)-c1ccc(C(C)(C)C)cc1-4. The minimum absolute atomic E-state index is 0.0839. The molecule has 0 saturated carbocycles. The van der Waals surface area contributed by atoms with Crippen LogP contribution in [0.2, 0.25) is 0 Å². The number of aromatic amines is 2. The van der Waals surface area contributed by atoms with Crippen LogP contribution in [0.4, 0.5) is 0 Å². The first-order valence-corrected chi connectivity index (χ1v) is 19.9. The van der Waals surface area contributed by atoms with Gasteiger partial charge in [0.25, 0.3) is 0 Å². The van der Waals surface area contributed by atoms with E-state index < -0.39 is 5.60 Å². The summed E-state index contributed by atoms with van der Waals surface area (Å²) in [5.41, 5.74) is 8.95. The lowest BCUT2D eigenvalue weighted by Crippen LogP contribution is -2.14. The van der Waals surface area contributed by atoms with Crippen molar-refractivity contribution in [1.29, 1.82) is 0 Å². The number of rotatable bonds is 0. The highest BCUT2D eigenvalue weighted by atomic mass is 16.3. The van der Waals surface area contributed by atoms with Gasteiger partial charge >= 0.3 is 0 Å². The summed E-state index contributed by atoms with van der Waals surface area (Å²) in [6, 6.07) is 25.3. The van der Waals surface area contributed by atoms with Gasteiger partial charge in [-0.2, -0.15) is 0 Å². The van der Waals surface area contributed by atoms with Crippen molar-refractivity contribution in [2.75, 3.05) is 0 Å². The van der Waals surface area contributed by atoms with Gasteiger partial charge in [0.1, 0.15) is 28.2 Å². The van der Waals surface area contributed by atoms with E-state index in [0.29, 0.717) is 45.9 Å². The number of hydrogen-bond donors (Lipinski definition) is 3. The van der Waals surface area contributed by atoms with Crippen LogP contribution in [-0.4, -0.2) is 50.6 Å². The maximum absolute atomic E-state index is 10.4. The van der Waals surface area contributed by atoms with Crippen LogP contribution in [-0.2, 0) is 16.2 Å². The Morgan fingerprint density at radius 3 is 1.24 bits per heavy atom. The largest absolute Gasteiger partial charge is 0.378 e. The van der Waals surface area contributed by atoms with Gasteiger partial charge in [-0.15, -0.1) is 0 Å². The zero-order valence-corrected chi connectivity index (χ0v) is 35.1. The highest BCUT2D eigenvalue weighted by Gasteiger charge is 2.26. The summed E-state index contributed by atoms with van der Waals surface area (Å²) in [4.78, 5) is 38.5. The van der Waals surface area contributed by atoms with Crippen LogP contribution in [0.5, 0.6) is 0 Å². The van der Waals surface area contributed by atoms with Gasteiger partial charge < -0.3 is 15.1 Å². The van der Waals surface area contributed by atoms with E-state index in [9.17, 15) is 5.11 Å². The molecule has 0 spiro atoms. The number of benzene rings is 4. The monoisotopic (exact) mass is 764 g/mol. The first-order valence-electron chi connectivity index (χ1n) is 19.9. The number of nitrogens with one attached hydrogen (secondary N) is 2. The van der Waals surface area contributed by atoms with Crippen molar-refractivity contribution < 1.29 is 5.11 Å². The molecular formula is C49H48N8O. The molecule has 0 atom stereocenters. The molecule has 9 rings (SSSR count). The minimum Gasteiger partial charge on any atom is -0.378 e. The first kappa shape index (κ1) is 37.3. The van der Waals surface area contributed by atoms with E-state index in [1.54, 1.807) is 13.8 Å². The lowest BCUT2D eigenvalue weighted by atomic mass is 9.85. The molecule has 3 N–H and O–H groups in total. The lowest BCUT2D eigenvalue weighted by Gasteiger charge is -2.19. The molecule has 9 nitrogen and oxygen atoms in total. The second-order valence-corrected chi connectivity index (χ2v) is 19.2. The molecule has 8 bridgehead atoms. The van der Waals surface area contributed by atoms with Crippen LogP contribution >= 0.6 is 0 Å². The van der Waals surface area contributed by atoms with Crippen LogP contribution < -0.4 is 0 Å². The molecule has 2 aliphatic rings. The average molecular weight is 765 g/mol. The van der Waals surface area contributed by atoms with E-state index >= 15 is 0 Å². The predicted molar refractivity (Wildman–Crippen MR) is 235 cm³/mol. The molecule has 58 heavy (non-hydrogen) atoms. The van der Waals surface area contributed by atoms with Gasteiger partial charge in [-0.1, -0.05) is 111 Å². The predicted octanol–water partition coefficient (Wildman–Crippen LogP) is 10.9. The van der Waals surface area contributed by atoms with Crippen molar-refractivity contribution >= 4 is 44.1 Å². The lowest BCUT2D eigenvalue weighted by molar-refractivity contribution is 0.143. The number of H-pyrrole nitrogens is 2. The molecule has 4 aromatic carbocycles. The van der Waals surface area contributed by atoms with Crippen LogP contribution in [0, 0.1) is 11.8 Å². The summed E-state index contributed by atoms with van der Waals surface area (Å²) in [6.07, 6.45) is 0. The van der Waals surface area contributed by atoms with Crippen molar-refractivity contribution in [3.63, 3.8) is 0 Å². The fraction of sp³-hybridized carbons (Fsp3) is 0.306. The van der Waals surface area contributed by atoms with Gasteiger partial charge in [0.05, 0.1) is 0 Å². The van der Waals surface area contributed by atoms with Gasteiger partial charge in [-0.25, -0.2) is 29.9 Å². The van der Waals surface area contributed by atoms with E-state index in [1.807, 2.05) is 18.2 Å². The Morgan fingerprint density at radius 1 is 0.414 bits per heavy atom. The summed E-state index contributed by atoms with van der Waals surface area (Å²) in [6.45, 7) is 23.2. The van der Waals surface area contributed by atoms with E-state index in [1.165, 1.54) is 16.7 Å². The van der Waals surface area contributed by atoms with Gasteiger partial charge in [0.2, 0.25) is 0 Å². The molecule has 2 aliphatic heterocycles. The second-order valence-electron chi connectivity index (χ2n) is 19.2. The Bertz CT molecular complexity index is 3090. The summed E-state index contributed by atoms with van der Waals surface area (Å²) in [7, 11) is 0. The quantitative estimate of drug-likeness (QED) is 0.131. The first-order chi connectivity index (χ1) is 27.2. The molecule has 5 heterocycles. The third kappa shape index (κ3) is 6.61. The minimum atomic E-state index is -1.15. The van der Waals surface area contributed by atoms with Crippen LogP contribution in [0.25, 0.3) is 89.7 Å². The normalized spacial score (nSPS) is 13.0. The van der Waals surface area contributed by atoms with E-state index in [4.69, 9.17) is 29.9 Å². The molecule has 290 valence electrons. The maximum atomic E-state index is 10.4. The Hall–Kier alpha value is -6.24. The highest BCUT2D eigenvalue weighted by molar-refractivity contribution is 6.07. The molecule has 3 aromatic heterocycles. The van der Waals surface area contributed by atoms with E-state index in [2.05, 4.69) is 139 Å². The number of fused-ring (bicyclic) bond motifs is 20. The molecule has 0 fully saturated rings. The number of aliphatic hydroxyl groups is 1. The number of hydrogen-bond acceptors (Lipinski definition) is 7. The van der Waals surface area contributed by atoms with Gasteiger partial charge in [0, 0.05) is 49.4 Å². The molecule has 9 heteroatoms. The van der Waals surface area contributed by atoms with Crippen molar-refractivity contribution in [2.45, 2.75) is 98.0 Å². The number of aromatic nitrogens is 8. The third-order valence-electron chi connectivity index (χ3n) is 10.9. The van der Waals surface area contributed by atoms with Crippen molar-refractivity contribution in [2.24, 2.45) is 0 Å². The standard InChI is InChI=1S/C49H48N8O/c1-46(2,3)27-13-17-31-35(23-27)44-53-39(31)51-42-34-22-26(20-21-49(10,11)58)12-16-30(34)38(50-42)52-43-36-24-28(47(4,5)6)14-18-32(36)40(54-43)56-45-37-25-29(48(7,8)9)15-19-33(37)41(55-44)57-45/h12-19,22-25,58H,1-11H3,(H2,50,51,52,53,54,55,56,57). The number of nitrogens with zero attached hydrogens (tertiary/aromatic N) is 6.